The van der Waals surface area contributed by atoms with Crippen molar-refractivity contribution in [3.05, 3.63) is 307 Å². The highest BCUT2D eigenvalue weighted by Gasteiger charge is 2.47. The van der Waals surface area contributed by atoms with E-state index in [0.29, 0.717) is 0 Å². The lowest BCUT2D eigenvalue weighted by atomic mass is 9.67. The van der Waals surface area contributed by atoms with E-state index in [1.165, 1.54) is 66.4 Å². The second kappa shape index (κ2) is 17.4. The van der Waals surface area contributed by atoms with Crippen LogP contribution in [0.4, 0.5) is 17.1 Å². The molecule has 2 heteroatoms. The van der Waals surface area contributed by atoms with E-state index in [9.17, 15) is 0 Å². The second-order valence-corrected chi connectivity index (χ2v) is 19.1. The van der Waals surface area contributed by atoms with Crippen LogP contribution in [0.15, 0.2) is 290 Å². The van der Waals surface area contributed by atoms with E-state index >= 15 is 0 Å². The van der Waals surface area contributed by atoms with Gasteiger partial charge in [0, 0.05) is 27.6 Å². The van der Waals surface area contributed by atoms with Crippen molar-refractivity contribution in [1.82, 2.24) is 0 Å². The smallest absolute Gasteiger partial charge is 0.136 e. The van der Waals surface area contributed by atoms with Crippen LogP contribution >= 0.6 is 0 Å². The van der Waals surface area contributed by atoms with E-state index in [1.807, 2.05) is 12.1 Å². The van der Waals surface area contributed by atoms with E-state index in [-0.39, 0.29) is 0 Å². The topological polar surface area (TPSA) is 16.4 Å². The quantitative estimate of drug-likeness (QED) is 0.143. The Kier molecular flexibility index (Phi) is 10.1. The van der Waals surface area contributed by atoms with Gasteiger partial charge < -0.3 is 9.32 Å². The van der Waals surface area contributed by atoms with Crippen LogP contribution in [0.1, 0.15) is 22.3 Å². The largest absolute Gasteiger partial charge is 0.456 e. The summed E-state index contributed by atoms with van der Waals surface area (Å²) < 4.78 is 6.51. The summed E-state index contributed by atoms with van der Waals surface area (Å²) in [5, 5.41) is 4.74. The molecule has 73 heavy (non-hydrogen) atoms. The van der Waals surface area contributed by atoms with Crippen molar-refractivity contribution >= 4 is 49.8 Å². The van der Waals surface area contributed by atoms with Gasteiger partial charge >= 0.3 is 0 Å². The Labute approximate surface area is 425 Å². The molecule has 12 aromatic carbocycles. The predicted molar refractivity (Wildman–Crippen MR) is 305 cm³/mol. The van der Waals surface area contributed by atoms with Gasteiger partial charge in [0.25, 0.3) is 0 Å². The Morgan fingerprint density at radius 1 is 0.288 bits per heavy atom. The molecule has 0 saturated carbocycles. The highest BCUT2D eigenvalue weighted by molar-refractivity contribution is 6.07. The summed E-state index contributed by atoms with van der Waals surface area (Å²) >= 11 is 0. The minimum atomic E-state index is -0.524. The van der Waals surface area contributed by atoms with Crippen LogP contribution in [-0.4, -0.2) is 0 Å². The third kappa shape index (κ3) is 6.87. The first kappa shape index (κ1) is 42.4. The van der Waals surface area contributed by atoms with Gasteiger partial charge in [-0.05, 0) is 120 Å². The summed E-state index contributed by atoms with van der Waals surface area (Å²) in [5.74, 6) is 0. The van der Waals surface area contributed by atoms with Crippen LogP contribution in [0, 0.1) is 0 Å². The Hall–Kier alpha value is -9.50. The molecule has 1 aliphatic carbocycles. The molecule has 13 aromatic rings. The molecular weight excluding hydrogens is 883 g/mol. The molecule has 342 valence electrons. The van der Waals surface area contributed by atoms with Gasteiger partial charge in [-0.15, -0.1) is 0 Å². The molecule has 0 unspecified atom stereocenters. The van der Waals surface area contributed by atoms with Gasteiger partial charge in [0.15, 0.2) is 0 Å². The zero-order valence-corrected chi connectivity index (χ0v) is 40.0. The summed E-state index contributed by atoms with van der Waals surface area (Å²) in [6.07, 6.45) is 0. The van der Waals surface area contributed by atoms with E-state index in [0.717, 1.165) is 61.3 Å². The number of nitrogens with zero attached hydrogens (tertiary/aromatic N) is 1. The molecule has 0 N–H and O–H groups in total. The van der Waals surface area contributed by atoms with Crippen molar-refractivity contribution in [3.8, 4) is 55.6 Å². The predicted octanol–water partition coefficient (Wildman–Crippen LogP) is 19.2. The molecule has 0 atom stereocenters. The van der Waals surface area contributed by atoms with Crippen molar-refractivity contribution in [3.63, 3.8) is 0 Å². The zero-order valence-electron chi connectivity index (χ0n) is 40.0. The number of rotatable bonds is 9. The standard InChI is InChI=1S/C71H47NO/c1-3-21-53(22-4-1)71(54-23-5-2-6-24-54)64-32-13-9-29-63(64)70-62(31-18-33-65(70)71)59-27-11-15-35-67(59)72(66-34-14-10-26-58(66)52-43-46-61-60-28-12-16-36-68(60)73-69(61)47-52)55-44-41-49(42-45-55)48-37-39-51(40-38-48)57-30-17-20-50-19-7-8-25-56(50)57/h1-47H. The maximum Gasteiger partial charge on any atom is 0.136 e. The second-order valence-electron chi connectivity index (χ2n) is 19.1. The van der Waals surface area contributed by atoms with Crippen LogP contribution in [0.25, 0.3) is 88.3 Å². The fourth-order valence-electron chi connectivity index (χ4n) is 12.0. The van der Waals surface area contributed by atoms with Gasteiger partial charge in [-0.2, -0.15) is 0 Å². The van der Waals surface area contributed by atoms with E-state index in [2.05, 4.69) is 278 Å². The first-order valence-electron chi connectivity index (χ1n) is 25.2. The van der Waals surface area contributed by atoms with E-state index in [4.69, 9.17) is 4.42 Å². The molecule has 1 aromatic heterocycles. The SMILES string of the molecule is c1ccc(C2(c3ccccc3)c3ccccc3-c3c(-c4ccccc4N(c4ccc(-c5ccc(-c6cccc7ccccc67)cc5)cc4)c4ccccc4-c4ccc5c(c4)oc4ccccc45)cccc32)cc1. The van der Waals surface area contributed by atoms with Gasteiger partial charge in [-0.3, -0.25) is 0 Å². The molecule has 1 heterocycles. The Morgan fingerprint density at radius 3 is 1.53 bits per heavy atom. The van der Waals surface area contributed by atoms with Crippen LogP contribution in [0.2, 0.25) is 0 Å². The highest BCUT2D eigenvalue weighted by Crippen LogP contribution is 2.59. The third-order valence-electron chi connectivity index (χ3n) is 15.2. The monoisotopic (exact) mass is 929 g/mol. The number of para-hydroxylation sites is 3. The molecule has 0 spiro atoms. The number of fused-ring (bicyclic) bond motifs is 7. The Balaban J connectivity index is 0.952. The molecule has 0 saturated heterocycles. The molecule has 2 nitrogen and oxygen atoms in total. The summed E-state index contributed by atoms with van der Waals surface area (Å²) in [6, 6.07) is 104. The summed E-state index contributed by atoms with van der Waals surface area (Å²) in [7, 11) is 0. The highest BCUT2D eigenvalue weighted by atomic mass is 16.3. The summed E-state index contributed by atoms with van der Waals surface area (Å²) in [6.45, 7) is 0. The average molecular weight is 930 g/mol. The van der Waals surface area contributed by atoms with E-state index < -0.39 is 5.41 Å². The van der Waals surface area contributed by atoms with Crippen LogP contribution in [-0.2, 0) is 5.41 Å². The summed E-state index contributed by atoms with van der Waals surface area (Å²) in [5.41, 5.74) is 21.3. The van der Waals surface area contributed by atoms with Crippen LogP contribution < -0.4 is 4.90 Å². The molecule has 1 aliphatic rings. The molecule has 0 bridgehead atoms. The zero-order chi connectivity index (χ0) is 48.3. The normalized spacial score (nSPS) is 12.5. The minimum Gasteiger partial charge on any atom is -0.456 e. The first-order chi connectivity index (χ1) is 36.2. The molecular formula is C71H47NO. The van der Waals surface area contributed by atoms with Crippen molar-refractivity contribution < 1.29 is 4.42 Å². The maximum atomic E-state index is 6.51. The number of hydrogen-bond acceptors (Lipinski definition) is 2. The van der Waals surface area contributed by atoms with Crippen molar-refractivity contribution in [2.24, 2.45) is 0 Å². The van der Waals surface area contributed by atoms with Crippen LogP contribution in [0.3, 0.4) is 0 Å². The van der Waals surface area contributed by atoms with Gasteiger partial charge in [0.05, 0.1) is 16.8 Å². The van der Waals surface area contributed by atoms with Crippen molar-refractivity contribution in [2.75, 3.05) is 4.90 Å². The maximum absolute atomic E-state index is 6.51. The first-order valence-corrected chi connectivity index (χ1v) is 25.2. The Bertz CT molecular complexity index is 4140. The van der Waals surface area contributed by atoms with Crippen molar-refractivity contribution in [2.45, 2.75) is 5.41 Å². The van der Waals surface area contributed by atoms with E-state index in [1.54, 1.807) is 0 Å². The molecule has 0 amide bonds. The lowest BCUT2D eigenvalue weighted by Gasteiger charge is -2.34. The number of hydrogen-bond donors (Lipinski definition) is 0. The number of anilines is 3. The van der Waals surface area contributed by atoms with Crippen molar-refractivity contribution in [1.29, 1.82) is 0 Å². The summed E-state index contributed by atoms with van der Waals surface area (Å²) in [4.78, 5) is 2.46. The lowest BCUT2D eigenvalue weighted by molar-refractivity contribution is 0.669. The molecule has 0 aliphatic heterocycles. The molecule has 0 radical (unpaired) electrons. The minimum absolute atomic E-state index is 0.524. The number of benzene rings is 12. The fourth-order valence-corrected chi connectivity index (χ4v) is 12.0. The van der Waals surface area contributed by atoms with Gasteiger partial charge in [0.2, 0.25) is 0 Å². The molecule has 0 fully saturated rings. The van der Waals surface area contributed by atoms with Gasteiger partial charge in [0.1, 0.15) is 11.2 Å². The fraction of sp³-hybridized carbons (Fsp3) is 0.0141. The average Bonchev–Trinajstić information content (AvgIpc) is 4.04. The number of furan rings is 1. The third-order valence-corrected chi connectivity index (χ3v) is 15.2. The Morgan fingerprint density at radius 2 is 0.781 bits per heavy atom. The van der Waals surface area contributed by atoms with Crippen LogP contribution in [0.5, 0.6) is 0 Å². The van der Waals surface area contributed by atoms with Gasteiger partial charge in [-0.25, -0.2) is 0 Å². The molecule has 14 rings (SSSR count). The van der Waals surface area contributed by atoms with Gasteiger partial charge in [-0.1, -0.05) is 243 Å². The lowest BCUT2D eigenvalue weighted by Crippen LogP contribution is -2.28.